The molecule has 0 aliphatic heterocycles. The molecule has 0 amide bonds. The second kappa shape index (κ2) is 6.04. The highest BCUT2D eigenvalue weighted by molar-refractivity contribution is 7.90. The van der Waals surface area contributed by atoms with E-state index in [2.05, 4.69) is 4.98 Å². The maximum atomic E-state index is 12.8. The number of hydrogen-bond acceptors (Lipinski definition) is 4. The Labute approximate surface area is 135 Å². The fraction of sp³-hybridized carbons (Fsp3) is 0.235. The van der Waals surface area contributed by atoms with Crippen molar-refractivity contribution < 1.29 is 13.2 Å². The number of hydrogen-bond donors (Lipinski definition) is 0. The summed E-state index contributed by atoms with van der Waals surface area (Å²) < 4.78 is 32.5. The lowest BCUT2D eigenvalue weighted by Crippen LogP contribution is -2.12. The number of aromatic nitrogens is 2. The molecule has 0 radical (unpaired) electrons. The van der Waals surface area contributed by atoms with Crippen molar-refractivity contribution in [3.63, 3.8) is 0 Å². The van der Waals surface area contributed by atoms with Crippen molar-refractivity contribution in [1.29, 1.82) is 0 Å². The van der Waals surface area contributed by atoms with Crippen LogP contribution in [-0.2, 0) is 22.1 Å². The molecular formula is C17H18N2O3S. The highest BCUT2D eigenvalue weighted by Gasteiger charge is 2.23. The van der Waals surface area contributed by atoms with Crippen molar-refractivity contribution in [2.75, 3.05) is 7.11 Å². The largest absolute Gasteiger partial charge is 0.497 e. The van der Waals surface area contributed by atoms with E-state index in [4.69, 9.17) is 4.74 Å². The maximum absolute atomic E-state index is 12.8. The number of fused-ring (bicyclic) bond motifs is 1. The Morgan fingerprint density at radius 1 is 1.13 bits per heavy atom. The normalized spacial score (nSPS) is 11.7. The van der Waals surface area contributed by atoms with Gasteiger partial charge in [-0.1, -0.05) is 24.3 Å². The van der Waals surface area contributed by atoms with Gasteiger partial charge >= 0.3 is 0 Å². The zero-order chi connectivity index (χ0) is 16.4. The molecule has 0 unspecified atom stereocenters. The number of benzene rings is 2. The summed E-state index contributed by atoms with van der Waals surface area (Å²) in [5.41, 5.74) is 2.21. The lowest BCUT2D eigenvalue weighted by atomic mass is 10.2. The van der Waals surface area contributed by atoms with E-state index in [1.807, 2.05) is 31.2 Å². The van der Waals surface area contributed by atoms with Crippen LogP contribution in [0, 0.1) is 0 Å². The Balaban J connectivity index is 2.05. The first kappa shape index (κ1) is 15.6. The molecule has 0 bridgehead atoms. The summed E-state index contributed by atoms with van der Waals surface area (Å²) in [5.74, 6) is 0.537. The molecule has 0 spiro atoms. The van der Waals surface area contributed by atoms with Gasteiger partial charge in [-0.3, -0.25) is 0 Å². The minimum absolute atomic E-state index is 0.104. The van der Waals surface area contributed by atoms with Gasteiger partial charge in [-0.05, 0) is 36.8 Å². The van der Waals surface area contributed by atoms with E-state index in [0.29, 0.717) is 23.4 Å². The molecule has 0 aliphatic carbocycles. The predicted molar refractivity (Wildman–Crippen MR) is 89.3 cm³/mol. The third kappa shape index (κ3) is 2.94. The molecule has 0 aliphatic rings. The van der Waals surface area contributed by atoms with Crippen LogP contribution in [0.5, 0.6) is 5.75 Å². The highest BCUT2D eigenvalue weighted by atomic mass is 32.2. The zero-order valence-electron chi connectivity index (χ0n) is 13.1. The SMILES string of the molecule is CCn1c(S(=O)(=O)Cc2cccc(OC)c2)nc2ccccc21. The van der Waals surface area contributed by atoms with E-state index in [1.54, 1.807) is 35.9 Å². The summed E-state index contributed by atoms with van der Waals surface area (Å²) >= 11 is 0. The summed E-state index contributed by atoms with van der Waals surface area (Å²) in [5, 5.41) is 0.115. The number of methoxy groups -OCH3 is 1. The molecule has 3 aromatic rings. The van der Waals surface area contributed by atoms with Gasteiger partial charge in [-0.25, -0.2) is 13.4 Å². The summed E-state index contributed by atoms with van der Waals surface area (Å²) in [4.78, 5) is 4.34. The minimum atomic E-state index is -3.55. The van der Waals surface area contributed by atoms with Gasteiger partial charge in [-0.15, -0.1) is 0 Å². The van der Waals surface area contributed by atoms with Crippen molar-refractivity contribution in [2.45, 2.75) is 24.4 Å². The molecule has 120 valence electrons. The molecule has 23 heavy (non-hydrogen) atoms. The Bertz CT molecular complexity index is 945. The molecule has 0 fully saturated rings. The first-order valence-electron chi connectivity index (χ1n) is 7.36. The third-order valence-electron chi connectivity index (χ3n) is 3.70. The van der Waals surface area contributed by atoms with E-state index >= 15 is 0 Å². The van der Waals surface area contributed by atoms with Crippen LogP contribution in [0.4, 0.5) is 0 Å². The molecule has 3 rings (SSSR count). The van der Waals surface area contributed by atoms with Crippen molar-refractivity contribution >= 4 is 20.9 Å². The van der Waals surface area contributed by atoms with E-state index in [9.17, 15) is 8.42 Å². The summed E-state index contributed by atoms with van der Waals surface area (Å²) in [6.07, 6.45) is 0. The molecule has 1 heterocycles. The topological polar surface area (TPSA) is 61.2 Å². The molecule has 1 aromatic heterocycles. The van der Waals surface area contributed by atoms with Gasteiger partial charge in [0, 0.05) is 6.54 Å². The number of imidazole rings is 1. The van der Waals surface area contributed by atoms with Gasteiger partial charge in [0.2, 0.25) is 15.0 Å². The number of para-hydroxylation sites is 2. The van der Waals surface area contributed by atoms with Crippen LogP contribution in [0.3, 0.4) is 0 Å². The molecule has 0 N–H and O–H groups in total. The fourth-order valence-electron chi connectivity index (χ4n) is 2.64. The fourth-order valence-corrected chi connectivity index (χ4v) is 4.19. The number of rotatable bonds is 5. The average molecular weight is 330 g/mol. The molecule has 0 saturated carbocycles. The number of nitrogens with zero attached hydrogens (tertiary/aromatic N) is 2. The maximum Gasteiger partial charge on any atom is 0.229 e. The van der Waals surface area contributed by atoms with Crippen molar-refractivity contribution in [3.8, 4) is 5.75 Å². The standard InChI is InChI=1S/C17H18N2O3S/c1-3-19-16-10-5-4-9-15(16)18-17(19)23(20,21)12-13-7-6-8-14(11-13)22-2/h4-11H,3,12H2,1-2H3. The monoisotopic (exact) mass is 330 g/mol. The van der Waals surface area contributed by atoms with Crippen LogP contribution >= 0.6 is 0 Å². The van der Waals surface area contributed by atoms with Crippen molar-refractivity contribution in [1.82, 2.24) is 9.55 Å². The van der Waals surface area contributed by atoms with Gasteiger partial charge in [0.25, 0.3) is 0 Å². The molecule has 0 atom stereocenters. The average Bonchev–Trinajstić information content (AvgIpc) is 2.94. The second-order valence-corrected chi connectivity index (χ2v) is 7.12. The quantitative estimate of drug-likeness (QED) is 0.721. The van der Waals surface area contributed by atoms with Crippen LogP contribution in [-0.4, -0.2) is 25.1 Å². The van der Waals surface area contributed by atoms with Gasteiger partial charge in [-0.2, -0.15) is 0 Å². The van der Waals surface area contributed by atoms with Crippen molar-refractivity contribution in [2.24, 2.45) is 0 Å². The van der Waals surface area contributed by atoms with Crippen LogP contribution in [0.15, 0.2) is 53.7 Å². The predicted octanol–water partition coefficient (Wildman–Crippen LogP) is 3.04. The Hall–Kier alpha value is -2.34. The summed E-state index contributed by atoms with van der Waals surface area (Å²) in [6, 6.07) is 14.5. The first-order valence-corrected chi connectivity index (χ1v) is 9.01. The number of sulfone groups is 1. The van der Waals surface area contributed by atoms with Crippen LogP contribution < -0.4 is 4.74 Å². The first-order chi connectivity index (χ1) is 11.0. The Morgan fingerprint density at radius 2 is 1.91 bits per heavy atom. The number of ether oxygens (including phenoxy) is 1. The van der Waals surface area contributed by atoms with Gasteiger partial charge in [0.05, 0.1) is 23.9 Å². The number of aryl methyl sites for hydroxylation is 1. The van der Waals surface area contributed by atoms with E-state index in [1.165, 1.54) is 0 Å². The molecule has 2 aromatic carbocycles. The molecule has 0 saturated heterocycles. The van der Waals surface area contributed by atoms with Crippen LogP contribution in [0.1, 0.15) is 12.5 Å². The van der Waals surface area contributed by atoms with Gasteiger partial charge < -0.3 is 9.30 Å². The van der Waals surface area contributed by atoms with E-state index in [-0.39, 0.29) is 10.9 Å². The highest BCUT2D eigenvalue weighted by Crippen LogP contribution is 2.23. The zero-order valence-corrected chi connectivity index (χ0v) is 13.9. The van der Waals surface area contributed by atoms with Crippen molar-refractivity contribution in [3.05, 3.63) is 54.1 Å². The van der Waals surface area contributed by atoms with Gasteiger partial charge in [0.1, 0.15) is 5.75 Å². The summed E-state index contributed by atoms with van der Waals surface area (Å²) in [7, 11) is -1.99. The Morgan fingerprint density at radius 3 is 2.65 bits per heavy atom. The van der Waals surface area contributed by atoms with E-state index in [0.717, 1.165) is 5.52 Å². The lowest BCUT2D eigenvalue weighted by Gasteiger charge is -2.08. The minimum Gasteiger partial charge on any atom is -0.497 e. The summed E-state index contributed by atoms with van der Waals surface area (Å²) in [6.45, 7) is 2.46. The molecule has 6 heteroatoms. The van der Waals surface area contributed by atoms with Crippen LogP contribution in [0.25, 0.3) is 11.0 Å². The second-order valence-electron chi connectivity index (χ2n) is 5.24. The lowest BCUT2D eigenvalue weighted by molar-refractivity contribution is 0.414. The van der Waals surface area contributed by atoms with Gasteiger partial charge in [0.15, 0.2) is 0 Å². The molecule has 5 nitrogen and oxygen atoms in total. The smallest absolute Gasteiger partial charge is 0.229 e. The third-order valence-corrected chi connectivity index (χ3v) is 5.29. The Kier molecular flexibility index (Phi) is 4.09. The van der Waals surface area contributed by atoms with E-state index < -0.39 is 9.84 Å². The molecular weight excluding hydrogens is 312 g/mol. The van der Waals surface area contributed by atoms with Crippen LogP contribution in [0.2, 0.25) is 0 Å².